The standard InChI is InChI=1S/C22H23FN2O3S2/c1-27-18-5-2-6-19-21(18)24-22(30-19)25(14-16-4-3-12-28-16)20(26)11-13-29-17-9-7-15(23)8-10-17/h2,5-10,16H,3-4,11-14H2,1H3/t16-/m1/s1. The van der Waals surface area contributed by atoms with Gasteiger partial charge in [-0.25, -0.2) is 9.37 Å². The van der Waals surface area contributed by atoms with Gasteiger partial charge < -0.3 is 9.47 Å². The third kappa shape index (κ3) is 4.94. The van der Waals surface area contributed by atoms with Gasteiger partial charge in [-0.05, 0) is 49.2 Å². The van der Waals surface area contributed by atoms with Crippen LogP contribution in [0.4, 0.5) is 9.52 Å². The number of hydrogen-bond donors (Lipinski definition) is 0. The van der Waals surface area contributed by atoms with Crippen LogP contribution in [-0.2, 0) is 9.53 Å². The molecule has 1 fully saturated rings. The maximum Gasteiger partial charge on any atom is 0.229 e. The van der Waals surface area contributed by atoms with E-state index >= 15 is 0 Å². The molecule has 0 bridgehead atoms. The number of benzene rings is 2. The molecule has 0 aliphatic carbocycles. The van der Waals surface area contributed by atoms with Crippen LogP contribution in [0.3, 0.4) is 0 Å². The zero-order valence-corrected chi connectivity index (χ0v) is 18.3. The van der Waals surface area contributed by atoms with Gasteiger partial charge in [-0.1, -0.05) is 17.4 Å². The first-order valence-corrected chi connectivity index (χ1v) is 11.7. The third-order valence-corrected chi connectivity index (χ3v) is 6.99. The Hall–Kier alpha value is -2.16. The highest BCUT2D eigenvalue weighted by atomic mass is 32.2. The van der Waals surface area contributed by atoms with Crippen LogP contribution >= 0.6 is 23.1 Å². The first-order valence-electron chi connectivity index (χ1n) is 9.88. The second kappa shape index (κ2) is 9.76. The smallest absolute Gasteiger partial charge is 0.229 e. The Morgan fingerprint density at radius 1 is 1.33 bits per heavy atom. The van der Waals surface area contributed by atoms with Gasteiger partial charge in [0.05, 0.1) is 24.5 Å². The van der Waals surface area contributed by atoms with Gasteiger partial charge in [-0.15, -0.1) is 11.8 Å². The average molecular weight is 447 g/mol. The summed E-state index contributed by atoms with van der Waals surface area (Å²) in [6.45, 7) is 1.24. The Balaban J connectivity index is 1.50. The highest BCUT2D eigenvalue weighted by Gasteiger charge is 2.26. The molecule has 1 aliphatic rings. The number of ether oxygens (including phenoxy) is 2. The first kappa shape index (κ1) is 21.1. The number of nitrogens with zero attached hydrogens (tertiary/aromatic N) is 2. The summed E-state index contributed by atoms with van der Waals surface area (Å²) in [5.74, 6) is 1.06. The quantitative estimate of drug-likeness (QED) is 0.449. The van der Waals surface area contributed by atoms with E-state index in [0.717, 1.165) is 34.6 Å². The molecule has 0 radical (unpaired) electrons. The minimum Gasteiger partial charge on any atom is -0.494 e. The second-order valence-electron chi connectivity index (χ2n) is 7.00. The maximum absolute atomic E-state index is 13.1. The van der Waals surface area contributed by atoms with Crippen molar-refractivity contribution in [2.45, 2.75) is 30.3 Å². The molecule has 158 valence electrons. The summed E-state index contributed by atoms with van der Waals surface area (Å²) in [4.78, 5) is 20.6. The van der Waals surface area contributed by atoms with Crippen molar-refractivity contribution in [2.75, 3.05) is 30.9 Å². The molecule has 0 unspecified atom stereocenters. The van der Waals surface area contributed by atoms with Crippen LogP contribution in [0.15, 0.2) is 47.4 Å². The predicted octanol–water partition coefficient (Wildman–Crippen LogP) is 5.14. The van der Waals surface area contributed by atoms with Crippen LogP contribution in [0.1, 0.15) is 19.3 Å². The van der Waals surface area contributed by atoms with Crippen molar-refractivity contribution in [3.63, 3.8) is 0 Å². The van der Waals surface area contributed by atoms with E-state index in [1.54, 1.807) is 35.9 Å². The molecule has 8 heteroatoms. The second-order valence-corrected chi connectivity index (χ2v) is 9.17. The largest absolute Gasteiger partial charge is 0.494 e. The first-order chi connectivity index (χ1) is 14.6. The number of thioether (sulfide) groups is 1. The van der Waals surface area contributed by atoms with Gasteiger partial charge in [0.1, 0.15) is 17.1 Å². The van der Waals surface area contributed by atoms with Gasteiger partial charge in [0.25, 0.3) is 0 Å². The fourth-order valence-electron chi connectivity index (χ4n) is 3.39. The van der Waals surface area contributed by atoms with Gasteiger partial charge in [0.2, 0.25) is 5.91 Å². The van der Waals surface area contributed by atoms with E-state index in [2.05, 4.69) is 0 Å². The van der Waals surface area contributed by atoms with E-state index in [1.807, 2.05) is 18.2 Å². The summed E-state index contributed by atoms with van der Waals surface area (Å²) in [5.41, 5.74) is 0.769. The topological polar surface area (TPSA) is 51.7 Å². The molecular formula is C22H23FN2O3S2. The van der Waals surface area contributed by atoms with Crippen molar-refractivity contribution in [2.24, 2.45) is 0 Å². The van der Waals surface area contributed by atoms with Crippen LogP contribution in [0, 0.1) is 5.82 Å². The number of carbonyl (C=O) groups excluding carboxylic acids is 1. The van der Waals surface area contributed by atoms with Crippen molar-refractivity contribution in [3.8, 4) is 5.75 Å². The summed E-state index contributed by atoms with van der Waals surface area (Å²) in [7, 11) is 1.62. The number of halogens is 1. The minimum absolute atomic E-state index is 0.0122. The zero-order valence-electron chi connectivity index (χ0n) is 16.7. The fraction of sp³-hybridized carbons (Fsp3) is 0.364. The van der Waals surface area contributed by atoms with E-state index in [1.165, 1.54) is 23.5 Å². The number of fused-ring (bicyclic) bond motifs is 1. The fourth-order valence-corrected chi connectivity index (χ4v) is 5.24. The van der Waals surface area contributed by atoms with Crippen molar-refractivity contribution < 1.29 is 18.7 Å². The number of thiazole rings is 1. The molecule has 2 aromatic carbocycles. The molecule has 3 aromatic rings. The Bertz CT molecular complexity index is 1000. The Morgan fingerprint density at radius 3 is 2.90 bits per heavy atom. The molecule has 2 heterocycles. The Labute approximate surface area is 183 Å². The highest BCUT2D eigenvalue weighted by molar-refractivity contribution is 7.99. The van der Waals surface area contributed by atoms with Crippen molar-refractivity contribution >= 4 is 44.4 Å². The maximum atomic E-state index is 13.1. The monoisotopic (exact) mass is 446 g/mol. The summed E-state index contributed by atoms with van der Waals surface area (Å²) in [6, 6.07) is 12.1. The number of hydrogen-bond acceptors (Lipinski definition) is 6. The van der Waals surface area contributed by atoms with Crippen LogP contribution in [-0.4, -0.2) is 43.0 Å². The molecule has 1 atom stereocenters. The van der Waals surface area contributed by atoms with E-state index in [4.69, 9.17) is 14.5 Å². The van der Waals surface area contributed by atoms with E-state index in [-0.39, 0.29) is 17.8 Å². The number of para-hydroxylation sites is 1. The lowest BCUT2D eigenvalue weighted by atomic mass is 10.2. The van der Waals surface area contributed by atoms with Crippen LogP contribution < -0.4 is 9.64 Å². The van der Waals surface area contributed by atoms with Gasteiger partial charge in [0, 0.05) is 23.7 Å². The van der Waals surface area contributed by atoms with Crippen LogP contribution in [0.25, 0.3) is 10.2 Å². The van der Waals surface area contributed by atoms with Gasteiger partial charge in [-0.3, -0.25) is 9.69 Å². The van der Waals surface area contributed by atoms with Gasteiger partial charge >= 0.3 is 0 Å². The molecule has 0 saturated carbocycles. The van der Waals surface area contributed by atoms with Crippen molar-refractivity contribution in [3.05, 3.63) is 48.3 Å². The Morgan fingerprint density at radius 2 is 2.17 bits per heavy atom. The molecular weight excluding hydrogens is 423 g/mol. The average Bonchev–Trinajstić information content (AvgIpc) is 3.42. The van der Waals surface area contributed by atoms with Crippen molar-refractivity contribution in [1.29, 1.82) is 0 Å². The highest BCUT2D eigenvalue weighted by Crippen LogP contribution is 2.35. The number of anilines is 1. The SMILES string of the molecule is COc1cccc2sc(N(C[C@H]3CCCO3)C(=O)CCSc3ccc(F)cc3)nc12. The number of carbonyl (C=O) groups is 1. The molecule has 0 spiro atoms. The molecule has 0 N–H and O–H groups in total. The van der Waals surface area contributed by atoms with Gasteiger partial charge in [-0.2, -0.15) is 0 Å². The Kier molecular flexibility index (Phi) is 6.86. The predicted molar refractivity (Wildman–Crippen MR) is 119 cm³/mol. The molecule has 1 amide bonds. The lowest BCUT2D eigenvalue weighted by molar-refractivity contribution is -0.118. The molecule has 30 heavy (non-hydrogen) atoms. The lowest BCUT2D eigenvalue weighted by Gasteiger charge is -2.23. The molecule has 4 rings (SSSR count). The lowest BCUT2D eigenvalue weighted by Crippen LogP contribution is -2.37. The summed E-state index contributed by atoms with van der Waals surface area (Å²) >= 11 is 3.03. The van der Waals surface area contributed by atoms with E-state index in [0.29, 0.717) is 29.6 Å². The molecule has 1 aliphatic heterocycles. The number of amides is 1. The van der Waals surface area contributed by atoms with Crippen LogP contribution in [0.2, 0.25) is 0 Å². The molecule has 5 nitrogen and oxygen atoms in total. The molecule has 1 aromatic heterocycles. The summed E-state index contributed by atoms with van der Waals surface area (Å²) in [5, 5.41) is 0.668. The summed E-state index contributed by atoms with van der Waals surface area (Å²) < 4.78 is 25.3. The van der Waals surface area contributed by atoms with Crippen molar-refractivity contribution in [1.82, 2.24) is 4.98 Å². The minimum atomic E-state index is -0.260. The number of methoxy groups -OCH3 is 1. The normalized spacial score (nSPS) is 16.1. The van der Waals surface area contributed by atoms with Crippen LogP contribution in [0.5, 0.6) is 5.75 Å². The third-order valence-electron chi connectivity index (χ3n) is 4.93. The number of aromatic nitrogens is 1. The van der Waals surface area contributed by atoms with E-state index < -0.39 is 0 Å². The summed E-state index contributed by atoms with van der Waals surface area (Å²) in [6.07, 6.45) is 2.36. The number of rotatable bonds is 8. The molecule has 1 saturated heterocycles. The van der Waals surface area contributed by atoms with E-state index in [9.17, 15) is 9.18 Å². The van der Waals surface area contributed by atoms with Gasteiger partial charge in [0.15, 0.2) is 5.13 Å². The zero-order chi connectivity index (χ0) is 20.9.